The minimum atomic E-state index is -0.0970. The van der Waals surface area contributed by atoms with Crippen LogP contribution in [0.3, 0.4) is 0 Å². The summed E-state index contributed by atoms with van der Waals surface area (Å²) in [6.07, 6.45) is 5.29. The van der Waals surface area contributed by atoms with Crippen LogP contribution in [0.25, 0.3) is 0 Å². The summed E-state index contributed by atoms with van der Waals surface area (Å²) in [5.41, 5.74) is 1.57. The van der Waals surface area contributed by atoms with Crippen molar-refractivity contribution in [3.8, 4) is 0 Å². The van der Waals surface area contributed by atoms with Gasteiger partial charge in [0.05, 0.1) is 0 Å². The largest absolute Gasteiger partial charge is 0.316 e. The highest BCUT2D eigenvalue weighted by Gasteiger charge is 2.48. The Morgan fingerprint density at radius 2 is 2.15 bits per heavy atom. The summed E-state index contributed by atoms with van der Waals surface area (Å²) < 4.78 is 13.6. The van der Waals surface area contributed by atoms with Gasteiger partial charge in [-0.3, -0.25) is 4.90 Å². The molecule has 2 heterocycles. The van der Waals surface area contributed by atoms with E-state index in [2.05, 4.69) is 16.3 Å². The molecule has 2 atom stereocenters. The third-order valence-corrected chi connectivity index (χ3v) is 5.62. The van der Waals surface area contributed by atoms with Gasteiger partial charge in [-0.15, -0.1) is 0 Å². The Morgan fingerprint density at radius 1 is 1.25 bits per heavy atom. The second-order valence-electron chi connectivity index (χ2n) is 6.88. The summed E-state index contributed by atoms with van der Waals surface area (Å²) in [6, 6.07) is 8.14. The van der Waals surface area contributed by atoms with Gasteiger partial charge >= 0.3 is 0 Å². The Kier molecular flexibility index (Phi) is 3.08. The van der Waals surface area contributed by atoms with Crippen LogP contribution in [-0.2, 0) is 0 Å². The van der Waals surface area contributed by atoms with Crippen molar-refractivity contribution in [2.45, 2.75) is 37.6 Å². The molecule has 0 bridgehead atoms. The molecular formula is C17H23FN2. The summed E-state index contributed by atoms with van der Waals surface area (Å²) in [7, 11) is 0. The lowest BCUT2D eigenvalue weighted by Gasteiger charge is -2.42. The third-order valence-electron chi connectivity index (χ3n) is 5.62. The number of likely N-dealkylation sites (tertiary alicyclic amines) is 1. The predicted molar refractivity (Wildman–Crippen MR) is 78.3 cm³/mol. The van der Waals surface area contributed by atoms with Crippen LogP contribution in [0.2, 0.25) is 0 Å². The second-order valence-corrected chi connectivity index (χ2v) is 6.88. The van der Waals surface area contributed by atoms with E-state index in [4.69, 9.17) is 0 Å². The topological polar surface area (TPSA) is 15.3 Å². The molecule has 1 aromatic rings. The summed E-state index contributed by atoms with van der Waals surface area (Å²) in [6.45, 7) is 4.59. The molecule has 3 fully saturated rings. The maximum atomic E-state index is 13.6. The van der Waals surface area contributed by atoms with Crippen molar-refractivity contribution in [1.82, 2.24) is 10.2 Å². The van der Waals surface area contributed by atoms with Gasteiger partial charge in [0.15, 0.2) is 0 Å². The molecule has 0 aromatic heterocycles. The van der Waals surface area contributed by atoms with E-state index in [1.54, 1.807) is 12.1 Å². The minimum Gasteiger partial charge on any atom is -0.316 e. The van der Waals surface area contributed by atoms with Crippen molar-refractivity contribution in [1.29, 1.82) is 0 Å². The predicted octanol–water partition coefficient (Wildman–Crippen LogP) is 2.76. The number of halogens is 1. The van der Waals surface area contributed by atoms with Gasteiger partial charge in [-0.25, -0.2) is 4.39 Å². The van der Waals surface area contributed by atoms with Crippen molar-refractivity contribution in [3.63, 3.8) is 0 Å². The Morgan fingerprint density at radius 3 is 2.95 bits per heavy atom. The van der Waals surface area contributed by atoms with Crippen LogP contribution >= 0.6 is 0 Å². The fourth-order valence-corrected chi connectivity index (χ4v) is 4.34. The number of nitrogens with zero attached hydrogens (tertiary/aromatic N) is 1. The highest BCUT2D eigenvalue weighted by atomic mass is 19.1. The first-order valence-electron chi connectivity index (χ1n) is 7.97. The van der Waals surface area contributed by atoms with E-state index >= 15 is 0 Å². The van der Waals surface area contributed by atoms with Gasteiger partial charge in [0.2, 0.25) is 0 Å². The van der Waals surface area contributed by atoms with E-state index < -0.39 is 0 Å². The quantitative estimate of drug-likeness (QED) is 0.892. The molecule has 2 saturated heterocycles. The van der Waals surface area contributed by atoms with E-state index in [0.29, 0.717) is 11.3 Å². The zero-order valence-electron chi connectivity index (χ0n) is 11.9. The number of hydrogen-bond donors (Lipinski definition) is 1. The summed E-state index contributed by atoms with van der Waals surface area (Å²) in [5.74, 6) is 0.371. The average molecular weight is 274 g/mol. The van der Waals surface area contributed by atoms with Crippen LogP contribution in [-0.4, -0.2) is 37.1 Å². The van der Waals surface area contributed by atoms with Gasteiger partial charge in [-0.2, -0.15) is 0 Å². The van der Waals surface area contributed by atoms with E-state index in [1.807, 2.05) is 6.07 Å². The Labute approximate surface area is 120 Å². The standard InChI is InChI=1S/C17H23FN2/c18-14-3-1-2-13(10-14)16-11-19-8-6-17(16)7-9-20(12-17)15-4-5-15/h1-3,10,15-16,19H,4-9,11-12H2. The number of hydrogen-bond acceptors (Lipinski definition) is 2. The van der Waals surface area contributed by atoms with Crippen molar-refractivity contribution >= 4 is 0 Å². The number of rotatable bonds is 2. The van der Waals surface area contributed by atoms with Crippen molar-refractivity contribution in [2.24, 2.45) is 5.41 Å². The first-order chi connectivity index (χ1) is 9.77. The van der Waals surface area contributed by atoms with E-state index in [0.717, 1.165) is 19.1 Å². The molecular weight excluding hydrogens is 251 g/mol. The Bertz CT molecular complexity index is 500. The van der Waals surface area contributed by atoms with Crippen molar-refractivity contribution in [2.75, 3.05) is 26.2 Å². The van der Waals surface area contributed by atoms with Crippen molar-refractivity contribution in [3.05, 3.63) is 35.6 Å². The molecule has 1 N–H and O–H groups in total. The summed E-state index contributed by atoms with van der Waals surface area (Å²) in [4.78, 5) is 2.69. The molecule has 1 saturated carbocycles. The molecule has 0 amide bonds. The fraction of sp³-hybridized carbons (Fsp3) is 0.647. The van der Waals surface area contributed by atoms with E-state index in [9.17, 15) is 4.39 Å². The van der Waals surface area contributed by atoms with Crippen molar-refractivity contribution < 1.29 is 4.39 Å². The maximum absolute atomic E-state index is 13.6. The van der Waals surface area contributed by atoms with Crippen LogP contribution in [0.15, 0.2) is 24.3 Å². The molecule has 2 nitrogen and oxygen atoms in total. The van der Waals surface area contributed by atoms with Gasteiger partial charge in [0.25, 0.3) is 0 Å². The Balaban J connectivity index is 1.62. The van der Waals surface area contributed by atoms with E-state index in [1.165, 1.54) is 44.3 Å². The van der Waals surface area contributed by atoms with Gasteiger partial charge in [-0.1, -0.05) is 12.1 Å². The van der Waals surface area contributed by atoms with Crippen LogP contribution in [0, 0.1) is 11.2 Å². The average Bonchev–Trinajstić information content (AvgIpc) is 3.23. The second kappa shape index (κ2) is 4.81. The van der Waals surface area contributed by atoms with Crippen LogP contribution < -0.4 is 5.32 Å². The molecule has 2 unspecified atom stereocenters. The van der Waals surface area contributed by atoms with Gasteiger partial charge < -0.3 is 5.32 Å². The normalized spacial score (nSPS) is 34.8. The minimum absolute atomic E-state index is 0.0970. The molecule has 3 heteroatoms. The Hall–Kier alpha value is -0.930. The highest BCUT2D eigenvalue weighted by Crippen LogP contribution is 2.49. The van der Waals surface area contributed by atoms with Crippen LogP contribution in [0.5, 0.6) is 0 Å². The smallest absolute Gasteiger partial charge is 0.123 e. The lowest BCUT2D eigenvalue weighted by Crippen LogP contribution is -2.45. The lowest BCUT2D eigenvalue weighted by atomic mass is 9.67. The molecule has 108 valence electrons. The molecule has 2 aliphatic heterocycles. The van der Waals surface area contributed by atoms with Crippen LogP contribution in [0.1, 0.15) is 37.2 Å². The van der Waals surface area contributed by atoms with Gasteiger partial charge in [-0.05, 0) is 61.9 Å². The molecule has 0 radical (unpaired) electrons. The van der Waals surface area contributed by atoms with Gasteiger partial charge in [0, 0.05) is 25.0 Å². The molecule has 1 aliphatic carbocycles. The van der Waals surface area contributed by atoms with Crippen LogP contribution in [0.4, 0.5) is 4.39 Å². The fourth-order valence-electron chi connectivity index (χ4n) is 4.34. The molecule has 4 rings (SSSR count). The first kappa shape index (κ1) is 12.8. The van der Waals surface area contributed by atoms with E-state index in [-0.39, 0.29) is 5.82 Å². The molecule has 1 spiro atoms. The summed E-state index contributed by atoms with van der Waals surface area (Å²) >= 11 is 0. The molecule has 3 aliphatic rings. The SMILES string of the molecule is Fc1cccc(C2CNCCC23CCN(C2CC2)C3)c1. The lowest BCUT2D eigenvalue weighted by molar-refractivity contribution is 0.160. The number of piperidine rings is 1. The van der Waals surface area contributed by atoms with Gasteiger partial charge in [0.1, 0.15) is 5.82 Å². The zero-order valence-corrected chi connectivity index (χ0v) is 11.9. The first-order valence-corrected chi connectivity index (χ1v) is 7.97. The zero-order chi connectivity index (χ0) is 13.6. The third kappa shape index (κ3) is 2.17. The highest BCUT2D eigenvalue weighted by molar-refractivity contribution is 5.26. The molecule has 1 aromatic carbocycles. The monoisotopic (exact) mass is 274 g/mol. The summed E-state index contributed by atoms with van der Waals surface area (Å²) in [5, 5.41) is 3.52. The number of nitrogens with one attached hydrogen (secondary N) is 1. The maximum Gasteiger partial charge on any atom is 0.123 e. The molecule has 20 heavy (non-hydrogen) atoms. The number of benzene rings is 1.